The summed E-state index contributed by atoms with van der Waals surface area (Å²) in [7, 11) is -3.66. The molecule has 0 fully saturated rings. The lowest BCUT2D eigenvalue weighted by molar-refractivity contribution is -0.122. The Hall–Kier alpha value is -3.32. The van der Waals surface area contributed by atoms with Crippen molar-refractivity contribution in [1.29, 1.82) is 0 Å². The summed E-state index contributed by atoms with van der Waals surface area (Å²) in [6, 6.07) is 21.2. The zero-order valence-corrected chi connectivity index (χ0v) is 18.2. The Morgan fingerprint density at radius 3 is 2.42 bits per heavy atom. The second kappa shape index (κ2) is 8.43. The summed E-state index contributed by atoms with van der Waals surface area (Å²) >= 11 is 0. The summed E-state index contributed by atoms with van der Waals surface area (Å²) < 4.78 is 33.4. The Kier molecular flexibility index (Phi) is 5.69. The number of benzene rings is 3. The molecule has 0 aromatic heterocycles. The normalized spacial score (nSPS) is 14.1. The Bertz CT molecular complexity index is 1210. The molecule has 1 N–H and O–H groups in total. The molecule has 0 bridgehead atoms. The van der Waals surface area contributed by atoms with Gasteiger partial charge in [-0.1, -0.05) is 36.4 Å². The summed E-state index contributed by atoms with van der Waals surface area (Å²) in [4.78, 5) is 12.7. The van der Waals surface area contributed by atoms with Crippen molar-refractivity contribution in [2.75, 3.05) is 16.2 Å². The van der Waals surface area contributed by atoms with Crippen LogP contribution in [-0.2, 0) is 21.2 Å². The lowest BCUT2D eigenvalue weighted by atomic mass is 10.2. The SMILES string of the molecule is Cc1ccccc1O[C@@H](C)C(=O)Nc1ccc(S(=O)(=O)N2CCc3ccccc32)cc1. The van der Waals surface area contributed by atoms with Gasteiger partial charge in [-0.05, 0) is 67.8 Å². The molecular formula is C24H24N2O4S. The minimum atomic E-state index is -3.66. The third-order valence-electron chi connectivity index (χ3n) is 5.32. The van der Waals surface area contributed by atoms with Crippen LogP contribution >= 0.6 is 0 Å². The molecule has 0 saturated carbocycles. The van der Waals surface area contributed by atoms with Crippen molar-refractivity contribution in [2.24, 2.45) is 0 Å². The fraction of sp³-hybridized carbons (Fsp3) is 0.208. The van der Waals surface area contributed by atoms with Crippen LogP contribution in [0.15, 0.2) is 77.7 Å². The Morgan fingerprint density at radius 2 is 1.68 bits per heavy atom. The van der Waals surface area contributed by atoms with Gasteiger partial charge in [-0.15, -0.1) is 0 Å². The van der Waals surface area contributed by atoms with Crippen LogP contribution in [0.3, 0.4) is 0 Å². The fourth-order valence-corrected chi connectivity index (χ4v) is 5.07. The van der Waals surface area contributed by atoms with Crippen LogP contribution in [0, 0.1) is 6.92 Å². The molecule has 31 heavy (non-hydrogen) atoms. The number of sulfonamides is 1. The van der Waals surface area contributed by atoms with Crippen LogP contribution in [0.4, 0.5) is 11.4 Å². The van der Waals surface area contributed by atoms with E-state index >= 15 is 0 Å². The van der Waals surface area contributed by atoms with E-state index in [0.717, 1.165) is 16.8 Å². The van der Waals surface area contributed by atoms with Gasteiger partial charge in [0.2, 0.25) is 0 Å². The average Bonchev–Trinajstić information content (AvgIpc) is 3.21. The van der Waals surface area contributed by atoms with Gasteiger partial charge >= 0.3 is 0 Å². The van der Waals surface area contributed by atoms with Crippen LogP contribution in [0.5, 0.6) is 5.75 Å². The predicted molar refractivity (Wildman–Crippen MR) is 121 cm³/mol. The molecule has 3 aromatic rings. The van der Waals surface area contributed by atoms with E-state index in [1.807, 2.05) is 55.5 Å². The van der Waals surface area contributed by atoms with Crippen molar-refractivity contribution in [3.05, 3.63) is 83.9 Å². The van der Waals surface area contributed by atoms with E-state index in [2.05, 4.69) is 5.32 Å². The summed E-state index contributed by atoms with van der Waals surface area (Å²) in [5.41, 5.74) is 3.20. The molecule has 0 radical (unpaired) electrons. The summed E-state index contributed by atoms with van der Waals surface area (Å²) in [5, 5.41) is 2.77. The summed E-state index contributed by atoms with van der Waals surface area (Å²) in [6.07, 6.45) is -0.00639. The highest BCUT2D eigenvalue weighted by atomic mass is 32.2. The number of amides is 1. The van der Waals surface area contributed by atoms with Crippen LogP contribution < -0.4 is 14.4 Å². The predicted octanol–water partition coefficient (Wildman–Crippen LogP) is 4.15. The minimum absolute atomic E-state index is 0.186. The third-order valence-corrected chi connectivity index (χ3v) is 7.15. The van der Waals surface area contributed by atoms with Gasteiger partial charge in [-0.2, -0.15) is 0 Å². The number of carbonyl (C=O) groups excluding carboxylic acids is 1. The average molecular weight is 437 g/mol. The number of hydrogen-bond acceptors (Lipinski definition) is 4. The van der Waals surface area contributed by atoms with E-state index in [1.54, 1.807) is 19.1 Å². The van der Waals surface area contributed by atoms with Gasteiger partial charge in [0, 0.05) is 12.2 Å². The molecule has 160 valence electrons. The second-order valence-electron chi connectivity index (χ2n) is 7.50. The number of carbonyl (C=O) groups is 1. The third kappa shape index (κ3) is 4.27. The Morgan fingerprint density at radius 1 is 1.00 bits per heavy atom. The molecule has 6 nitrogen and oxygen atoms in total. The summed E-state index contributed by atoms with van der Waals surface area (Å²) in [6.45, 7) is 4.01. The van der Waals surface area contributed by atoms with Crippen molar-refractivity contribution >= 4 is 27.3 Å². The first-order valence-corrected chi connectivity index (χ1v) is 11.5. The number of para-hydroxylation sites is 2. The number of anilines is 2. The second-order valence-corrected chi connectivity index (χ2v) is 9.36. The number of fused-ring (bicyclic) bond motifs is 1. The van der Waals surface area contributed by atoms with E-state index in [4.69, 9.17) is 4.74 Å². The quantitative estimate of drug-likeness (QED) is 0.630. The molecule has 1 aliphatic heterocycles. The van der Waals surface area contributed by atoms with Gasteiger partial charge in [-0.25, -0.2) is 8.42 Å². The van der Waals surface area contributed by atoms with Gasteiger partial charge in [0.05, 0.1) is 10.6 Å². The highest BCUT2D eigenvalue weighted by Crippen LogP contribution is 2.32. The monoisotopic (exact) mass is 436 g/mol. The van der Waals surface area contributed by atoms with E-state index in [-0.39, 0.29) is 10.8 Å². The number of ether oxygens (including phenoxy) is 1. The van der Waals surface area contributed by atoms with Crippen molar-refractivity contribution in [2.45, 2.75) is 31.3 Å². The van der Waals surface area contributed by atoms with Gasteiger partial charge in [0.1, 0.15) is 5.75 Å². The molecule has 1 atom stereocenters. The highest BCUT2D eigenvalue weighted by molar-refractivity contribution is 7.92. The van der Waals surface area contributed by atoms with Crippen LogP contribution in [-0.4, -0.2) is 27.0 Å². The number of aryl methyl sites for hydroxylation is 1. The van der Waals surface area contributed by atoms with Crippen LogP contribution in [0.25, 0.3) is 0 Å². The zero-order chi connectivity index (χ0) is 22.0. The molecule has 0 saturated heterocycles. The molecule has 1 amide bonds. The largest absolute Gasteiger partial charge is 0.481 e. The molecule has 4 rings (SSSR count). The zero-order valence-electron chi connectivity index (χ0n) is 17.4. The van der Waals surface area contributed by atoms with E-state index < -0.39 is 16.1 Å². The number of nitrogens with one attached hydrogen (secondary N) is 1. The van der Waals surface area contributed by atoms with Crippen molar-refractivity contribution in [1.82, 2.24) is 0 Å². The smallest absolute Gasteiger partial charge is 0.265 e. The van der Waals surface area contributed by atoms with Crippen molar-refractivity contribution < 1.29 is 17.9 Å². The standard InChI is InChI=1S/C24H24N2O4S/c1-17-7-3-6-10-23(17)30-18(2)24(27)25-20-11-13-21(14-12-20)31(28,29)26-16-15-19-8-4-5-9-22(19)26/h3-14,18H,15-16H2,1-2H3,(H,25,27)/t18-/m0/s1. The molecule has 7 heteroatoms. The molecule has 0 spiro atoms. The maximum absolute atomic E-state index is 13.1. The number of nitrogens with zero attached hydrogens (tertiary/aromatic N) is 1. The molecule has 1 heterocycles. The van der Waals surface area contributed by atoms with Crippen molar-refractivity contribution in [3.63, 3.8) is 0 Å². The lowest BCUT2D eigenvalue weighted by Crippen LogP contribution is -2.30. The number of rotatable bonds is 6. The topological polar surface area (TPSA) is 75.7 Å². The molecule has 0 aliphatic carbocycles. The first-order valence-electron chi connectivity index (χ1n) is 10.1. The van der Waals surface area contributed by atoms with Crippen molar-refractivity contribution in [3.8, 4) is 5.75 Å². The maximum atomic E-state index is 13.1. The molecule has 0 unspecified atom stereocenters. The van der Waals surface area contributed by atoms with Gasteiger partial charge in [-0.3, -0.25) is 9.10 Å². The first-order chi connectivity index (χ1) is 14.9. The molecule has 1 aliphatic rings. The highest BCUT2D eigenvalue weighted by Gasteiger charge is 2.30. The first kappa shape index (κ1) is 20.9. The maximum Gasteiger partial charge on any atom is 0.265 e. The summed E-state index contributed by atoms with van der Waals surface area (Å²) in [5.74, 6) is 0.338. The van der Waals surface area contributed by atoms with E-state index in [1.165, 1.54) is 16.4 Å². The fourth-order valence-electron chi connectivity index (χ4n) is 3.57. The van der Waals surface area contributed by atoms with Crippen LogP contribution in [0.1, 0.15) is 18.1 Å². The lowest BCUT2D eigenvalue weighted by Gasteiger charge is -2.20. The van der Waals surface area contributed by atoms with Gasteiger partial charge in [0.15, 0.2) is 6.10 Å². The van der Waals surface area contributed by atoms with E-state index in [0.29, 0.717) is 24.4 Å². The Balaban J connectivity index is 1.45. The number of hydrogen-bond donors (Lipinski definition) is 1. The van der Waals surface area contributed by atoms with Gasteiger partial charge in [0.25, 0.3) is 15.9 Å². The molecule has 3 aromatic carbocycles. The van der Waals surface area contributed by atoms with E-state index in [9.17, 15) is 13.2 Å². The van der Waals surface area contributed by atoms with Gasteiger partial charge < -0.3 is 10.1 Å². The Labute approximate surface area is 182 Å². The van der Waals surface area contributed by atoms with Crippen LogP contribution in [0.2, 0.25) is 0 Å². The minimum Gasteiger partial charge on any atom is -0.481 e. The molecular weight excluding hydrogens is 412 g/mol.